The number of hydrogen-bond acceptors (Lipinski definition) is 4. The fraction of sp³-hybridized carbons (Fsp3) is 0.312. The number of nitrogens with zero attached hydrogens (tertiary/aromatic N) is 2. The van der Waals surface area contributed by atoms with Crippen molar-refractivity contribution in [3.63, 3.8) is 0 Å². The number of hydrogen-bond donors (Lipinski definition) is 2. The Kier molecular flexibility index (Phi) is 6.19. The third kappa shape index (κ3) is 5.08. The largest absolute Gasteiger partial charge is 0.366 e. The summed E-state index contributed by atoms with van der Waals surface area (Å²) in [5.74, 6) is 0.443. The summed E-state index contributed by atoms with van der Waals surface area (Å²) in [4.78, 5) is 20.3. The monoisotopic (exact) mass is 352 g/mol. The number of carbonyl (C=O) groups is 1. The van der Waals surface area contributed by atoms with Crippen molar-refractivity contribution in [2.45, 2.75) is 32.7 Å². The summed E-state index contributed by atoms with van der Waals surface area (Å²) in [5.41, 5.74) is 1.49. The summed E-state index contributed by atoms with van der Waals surface area (Å²) >= 11 is 12.0. The molecule has 0 bridgehead atoms. The van der Waals surface area contributed by atoms with E-state index in [1.54, 1.807) is 24.3 Å². The van der Waals surface area contributed by atoms with Gasteiger partial charge in [0.15, 0.2) is 0 Å². The Morgan fingerprint density at radius 3 is 2.57 bits per heavy atom. The van der Waals surface area contributed by atoms with Gasteiger partial charge in [-0.2, -0.15) is 0 Å². The Hall–Kier alpha value is -1.85. The molecule has 2 aromatic rings. The minimum absolute atomic E-state index is 0.104. The standard InChI is InChI=1S/C16H18Cl2N4O/c1-3-13-15(18)16(20-9-19-13)21-10(2)8-14(23)22-12-6-4-11(17)5-7-12/h4-7,9-10H,3,8H2,1-2H3,(H,22,23)(H,19,20,21). The normalized spacial score (nSPS) is 11.8. The van der Waals surface area contributed by atoms with E-state index >= 15 is 0 Å². The zero-order chi connectivity index (χ0) is 16.8. The quantitative estimate of drug-likeness (QED) is 0.818. The summed E-state index contributed by atoms with van der Waals surface area (Å²) in [6.07, 6.45) is 2.47. The first kappa shape index (κ1) is 17.5. The van der Waals surface area contributed by atoms with Crippen LogP contribution in [0.5, 0.6) is 0 Å². The van der Waals surface area contributed by atoms with Gasteiger partial charge in [-0.3, -0.25) is 4.79 Å². The maximum Gasteiger partial charge on any atom is 0.226 e. The van der Waals surface area contributed by atoms with E-state index in [1.807, 2.05) is 13.8 Å². The summed E-state index contributed by atoms with van der Waals surface area (Å²) in [7, 11) is 0. The molecule has 1 unspecified atom stereocenters. The van der Waals surface area contributed by atoms with Crippen molar-refractivity contribution in [2.24, 2.45) is 0 Å². The van der Waals surface area contributed by atoms with E-state index in [4.69, 9.17) is 23.2 Å². The summed E-state index contributed by atoms with van der Waals surface area (Å²) in [6, 6.07) is 6.84. The number of carbonyl (C=O) groups excluding carboxylic acids is 1. The average Bonchev–Trinajstić information content (AvgIpc) is 2.51. The number of aryl methyl sites for hydroxylation is 1. The number of amides is 1. The van der Waals surface area contributed by atoms with E-state index in [9.17, 15) is 4.79 Å². The fourth-order valence-electron chi connectivity index (χ4n) is 2.06. The van der Waals surface area contributed by atoms with Gasteiger partial charge in [0.2, 0.25) is 5.91 Å². The van der Waals surface area contributed by atoms with Crippen LogP contribution in [0.1, 0.15) is 26.0 Å². The van der Waals surface area contributed by atoms with E-state index in [0.29, 0.717) is 21.6 Å². The molecule has 0 fully saturated rings. The molecule has 0 saturated heterocycles. The van der Waals surface area contributed by atoms with Gasteiger partial charge in [0, 0.05) is 23.2 Å². The topological polar surface area (TPSA) is 66.9 Å². The van der Waals surface area contributed by atoms with Crippen molar-refractivity contribution in [1.29, 1.82) is 0 Å². The first-order valence-corrected chi connectivity index (χ1v) is 8.06. The molecule has 5 nitrogen and oxygen atoms in total. The van der Waals surface area contributed by atoms with E-state index in [2.05, 4.69) is 20.6 Å². The molecule has 2 N–H and O–H groups in total. The first-order chi connectivity index (χ1) is 11.0. The Morgan fingerprint density at radius 1 is 1.22 bits per heavy atom. The van der Waals surface area contributed by atoms with Crippen molar-refractivity contribution in [3.8, 4) is 0 Å². The molecule has 23 heavy (non-hydrogen) atoms. The SMILES string of the molecule is CCc1ncnc(NC(C)CC(=O)Nc2ccc(Cl)cc2)c1Cl. The number of benzene rings is 1. The van der Waals surface area contributed by atoms with Crippen molar-refractivity contribution >= 4 is 40.6 Å². The minimum atomic E-state index is -0.126. The zero-order valence-electron chi connectivity index (χ0n) is 12.9. The lowest BCUT2D eigenvalue weighted by Crippen LogP contribution is -2.24. The van der Waals surface area contributed by atoms with Crippen molar-refractivity contribution in [3.05, 3.63) is 46.3 Å². The molecule has 1 amide bonds. The molecule has 122 valence electrons. The Balaban J connectivity index is 1.92. The van der Waals surface area contributed by atoms with Gasteiger partial charge in [0.25, 0.3) is 0 Å². The number of anilines is 2. The number of halogens is 2. The molecular weight excluding hydrogens is 335 g/mol. The molecule has 0 radical (unpaired) electrons. The van der Waals surface area contributed by atoms with E-state index in [0.717, 1.165) is 12.1 Å². The molecule has 1 aromatic heterocycles. The van der Waals surface area contributed by atoms with Gasteiger partial charge in [0.05, 0.1) is 5.69 Å². The smallest absolute Gasteiger partial charge is 0.226 e. The molecule has 0 aliphatic heterocycles. The van der Waals surface area contributed by atoms with Gasteiger partial charge >= 0.3 is 0 Å². The fourth-order valence-corrected chi connectivity index (χ4v) is 2.47. The molecule has 1 aromatic carbocycles. The molecule has 0 aliphatic rings. The molecule has 7 heteroatoms. The summed E-state index contributed by atoms with van der Waals surface area (Å²) < 4.78 is 0. The zero-order valence-corrected chi connectivity index (χ0v) is 14.4. The highest BCUT2D eigenvalue weighted by Gasteiger charge is 2.13. The molecule has 0 aliphatic carbocycles. The second kappa shape index (κ2) is 8.13. The van der Waals surface area contributed by atoms with Crippen LogP contribution in [0.15, 0.2) is 30.6 Å². The van der Waals surface area contributed by atoms with E-state index < -0.39 is 0 Å². The number of nitrogens with one attached hydrogen (secondary N) is 2. The number of aromatic nitrogens is 2. The predicted octanol–water partition coefficient (Wildman–Crippen LogP) is 4.18. The van der Waals surface area contributed by atoms with Crippen LogP contribution in [0, 0.1) is 0 Å². The summed E-state index contributed by atoms with van der Waals surface area (Å²) in [6.45, 7) is 3.87. The highest BCUT2D eigenvalue weighted by Crippen LogP contribution is 2.23. The van der Waals surface area contributed by atoms with Gasteiger partial charge in [0.1, 0.15) is 17.2 Å². The van der Waals surface area contributed by atoms with Crippen LogP contribution >= 0.6 is 23.2 Å². The van der Waals surface area contributed by atoms with Crippen molar-refractivity contribution in [1.82, 2.24) is 9.97 Å². The van der Waals surface area contributed by atoms with Crippen LogP contribution in [0.4, 0.5) is 11.5 Å². The second-order valence-electron chi connectivity index (χ2n) is 5.14. The highest BCUT2D eigenvalue weighted by atomic mass is 35.5. The molecule has 1 heterocycles. The van der Waals surface area contributed by atoms with Gasteiger partial charge in [-0.05, 0) is 37.6 Å². The highest BCUT2D eigenvalue weighted by molar-refractivity contribution is 6.33. The van der Waals surface area contributed by atoms with Gasteiger partial charge < -0.3 is 10.6 Å². The average molecular weight is 353 g/mol. The Labute approximate surface area is 145 Å². The molecule has 0 spiro atoms. The first-order valence-electron chi connectivity index (χ1n) is 7.31. The van der Waals surface area contributed by atoms with Crippen LogP contribution in [0.25, 0.3) is 0 Å². The molecule has 2 rings (SSSR count). The number of rotatable bonds is 6. The van der Waals surface area contributed by atoms with E-state index in [-0.39, 0.29) is 18.4 Å². The van der Waals surface area contributed by atoms with Gasteiger partial charge in [-0.1, -0.05) is 30.1 Å². The Morgan fingerprint density at radius 2 is 1.91 bits per heavy atom. The van der Waals surface area contributed by atoms with Crippen LogP contribution in [-0.4, -0.2) is 21.9 Å². The van der Waals surface area contributed by atoms with Crippen molar-refractivity contribution in [2.75, 3.05) is 10.6 Å². The third-order valence-corrected chi connectivity index (χ3v) is 3.85. The predicted molar refractivity (Wildman–Crippen MR) is 94.2 cm³/mol. The van der Waals surface area contributed by atoms with Gasteiger partial charge in [-0.15, -0.1) is 0 Å². The second-order valence-corrected chi connectivity index (χ2v) is 5.96. The molecule has 1 atom stereocenters. The summed E-state index contributed by atoms with van der Waals surface area (Å²) in [5, 5.41) is 7.09. The van der Waals surface area contributed by atoms with Crippen LogP contribution in [0.2, 0.25) is 10.0 Å². The third-order valence-electron chi connectivity index (χ3n) is 3.20. The van der Waals surface area contributed by atoms with Crippen LogP contribution in [-0.2, 0) is 11.2 Å². The Bertz CT molecular complexity index is 676. The van der Waals surface area contributed by atoms with Gasteiger partial charge in [-0.25, -0.2) is 9.97 Å². The maximum absolute atomic E-state index is 12.1. The lowest BCUT2D eigenvalue weighted by atomic mass is 10.2. The lowest BCUT2D eigenvalue weighted by Gasteiger charge is -2.16. The molecular formula is C16H18Cl2N4O. The lowest BCUT2D eigenvalue weighted by molar-refractivity contribution is -0.116. The maximum atomic E-state index is 12.1. The van der Waals surface area contributed by atoms with E-state index in [1.165, 1.54) is 6.33 Å². The van der Waals surface area contributed by atoms with Crippen LogP contribution < -0.4 is 10.6 Å². The molecule has 0 saturated carbocycles. The van der Waals surface area contributed by atoms with Crippen LogP contribution in [0.3, 0.4) is 0 Å². The van der Waals surface area contributed by atoms with Crippen molar-refractivity contribution < 1.29 is 4.79 Å². The minimum Gasteiger partial charge on any atom is -0.366 e.